The van der Waals surface area contributed by atoms with Gasteiger partial charge in [-0.3, -0.25) is 4.79 Å². The van der Waals surface area contributed by atoms with Crippen molar-refractivity contribution in [2.24, 2.45) is 0 Å². The van der Waals surface area contributed by atoms with Crippen molar-refractivity contribution >= 4 is 23.4 Å². The van der Waals surface area contributed by atoms with E-state index < -0.39 is 7.12 Å². The predicted molar refractivity (Wildman–Crippen MR) is 80.3 cm³/mol. The summed E-state index contributed by atoms with van der Waals surface area (Å²) >= 11 is 0. The van der Waals surface area contributed by atoms with Crippen molar-refractivity contribution in [2.45, 2.75) is 38.9 Å². The van der Waals surface area contributed by atoms with Crippen LogP contribution in [-0.2, 0) is 9.31 Å². The third-order valence-corrected chi connectivity index (χ3v) is 4.36. The van der Waals surface area contributed by atoms with Crippen LogP contribution in [0.25, 0.3) is 10.8 Å². The Balaban J connectivity index is 2.13. The molecule has 0 saturated carbocycles. The van der Waals surface area contributed by atoms with Crippen LogP contribution in [-0.4, -0.2) is 23.3 Å². The SMILES string of the molecule is CC1(C)OB(c2cccc3c(=O)[nH]ccc23)OC1(C)C. The van der Waals surface area contributed by atoms with Gasteiger partial charge in [-0.1, -0.05) is 12.1 Å². The topological polar surface area (TPSA) is 51.3 Å². The van der Waals surface area contributed by atoms with Crippen molar-refractivity contribution in [1.82, 2.24) is 4.98 Å². The molecule has 1 aromatic carbocycles. The molecule has 1 fully saturated rings. The molecule has 1 aliphatic heterocycles. The Kier molecular flexibility index (Phi) is 2.82. The molecule has 104 valence electrons. The molecular formula is C15H18BNO3. The van der Waals surface area contributed by atoms with Crippen LogP contribution in [0, 0.1) is 0 Å². The maximum atomic E-state index is 11.9. The first kappa shape index (κ1) is 13.4. The Labute approximate surface area is 118 Å². The van der Waals surface area contributed by atoms with Gasteiger partial charge in [-0.15, -0.1) is 0 Å². The fraction of sp³-hybridized carbons (Fsp3) is 0.400. The van der Waals surface area contributed by atoms with Gasteiger partial charge in [0.2, 0.25) is 0 Å². The van der Waals surface area contributed by atoms with E-state index in [-0.39, 0.29) is 16.8 Å². The lowest BCUT2D eigenvalue weighted by atomic mass is 9.76. The molecule has 0 bridgehead atoms. The fourth-order valence-electron chi connectivity index (χ4n) is 2.42. The van der Waals surface area contributed by atoms with Gasteiger partial charge in [0.1, 0.15) is 0 Å². The van der Waals surface area contributed by atoms with Gasteiger partial charge in [-0.05, 0) is 50.7 Å². The highest BCUT2D eigenvalue weighted by atomic mass is 16.7. The zero-order chi connectivity index (χ0) is 14.5. The van der Waals surface area contributed by atoms with E-state index in [1.54, 1.807) is 6.20 Å². The molecule has 0 unspecified atom stereocenters. The van der Waals surface area contributed by atoms with Crippen molar-refractivity contribution in [2.75, 3.05) is 0 Å². The second-order valence-corrected chi connectivity index (χ2v) is 6.20. The van der Waals surface area contributed by atoms with Crippen LogP contribution >= 0.6 is 0 Å². The number of nitrogens with one attached hydrogen (secondary N) is 1. The van der Waals surface area contributed by atoms with Gasteiger partial charge in [0.25, 0.3) is 5.56 Å². The zero-order valence-electron chi connectivity index (χ0n) is 12.2. The van der Waals surface area contributed by atoms with Crippen LogP contribution in [0.3, 0.4) is 0 Å². The van der Waals surface area contributed by atoms with E-state index in [0.29, 0.717) is 5.39 Å². The van der Waals surface area contributed by atoms with E-state index in [0.717, 1.165) is 10.8 Å². The van der Waals surface area contributed by atoms with Crippen LogP contribution in [0.1, 0.15) is 27.7 Å². The van der Waals surface area contributed by atoms with Gasteiger partial charge in [0.05, 0.1) is 11.2 Å². The lowest BCUT2D eigenvalue weighted by Crippen LogP contribution is -2.41. The number of H-pyrrole nitrogens is 1. The van der Waals surface area contributed by atoms with Crippen LogP contribution in [0.2, 0.25) is 0 Å². The quantitative estimate of drug-likeness (QED) is 0.805. The van der Waals surface area contributed by atoms with E-state index >= 15 is 0 Å². The smallest absolute Gasteiger partial charge is 0.399 e. The third-order valence-electron chi connectivity index (χ3n) is 4.36. The van der Waals surface area contributed by atoms with Crippen LogP contribution in [0.4, 0.5) is 0 Å². The molecule has 2 heterocycles. The first-order valence-electron chi connectivity index (χ1n) is 6.78. The number of rotatable bonds is 1. The second kappa shape index (κ2) is 4.20. The van der Waals surface area contributed by atoms with E-state index in [4.69, 9.17) is 9.31 Å². The van der Waals surface area contributed by atoms with Gasteiger partial charge in [-0.25, -0.2) is 0 Å². The molecule has 20 heavy (non-hydrogen) atoms. The first-order chi connectivity index (χ1) is 9.32. The third kappa shape index (κ3) is 1.89. The molecule has 0 atom stereocenters. The summed E-state index contributed by atoms with van der Waals surface area (Å²) in [7, 11) is -0.453. The first-order valence-corrected chi connectivity index (χ1v) is 6.78. The van der Waals surface area contributed by atoms with Gasteiger partial charge in [0, 0.05) is 11.6 Å². The molecule has 3 rings (SSSR count). The standard InChI is InChI=1S/C15H18BNO3/c1-14(2)15(3,4)20-16(19-14)12-7-5-6-11-10(12)8-9-17-13(11)18/h5-9H,1-4H3,(H,17,18). The highest BCUT2D eigenvalue weighted by molar-refractivity contribution is 6.65. The number of pyridine rings is 1. The molecule has 4 nitrogen and oxygen atoms in total. The average molecular weight is 271 g/mol. The van der Waals surface area contributed by atoms with Crippen molar-refractivity contribution in [1.29, 1.82) is 0 Å². The molecule has 1 N–H and O–H groups in total. The number of aromatic nitrogens is 1. The van der Waals surface area contributed by atoms with Gasteiger partial charge >= 0.3 is 7.12 Å². The Morgan fingerprint density at radius 1 is 1.00 bits per heavy atom. The average Bonchev–Trinajstić information content (AvgIpc) is 2.58. The maximum Gasteiger partial charge on any atom is 0.495 e. The summed E-state index contributed by atoms with van der Waals surface area (Å²) in [5, 5.41) is 1.52. The Hall–Kier alpha value is -1.59. The highest BCUT2D eigenvalue weighted by Crippen LogP contribution is 2.36. The molecule has 2 aromatic rings. The zero-order valence-corrected chi connectivity index (χ0v) is 12.2. The monoisotopic (exact) mass is 271 g/mol. The molecule has 0 aliphatic carbocycles. The number of benzene rings is 1. The van der Waals surface area contributed by atoms with Gasteiger partial charge in [0.15, 0.2) is 0 Å². The maximum absolute atomic E-state index is 11.9. The fourth-order valence-corrected chi connectivity index (χ4v) is 2.42. The Morgan fingerprint density at radius 3 is 2.30 bits per heavy atom. The van der Waals surface area contributed by atoms with E-state index in [1.165, 1.54) is 0 Å². The molecule has 0 spiro atoms. The van der Waals surface area contributed by atoms with Crippen LogP contribution in [0.15, 0.2) is 35.3 Å². The molecule has 1 aliphatic rings. The number of fused-ring (bicyclic) bond motifs is 1. The number of hydrogen-bond acceptors (Lipinski definition) is 3. The summed E-state index contributed by atoms with van der Waals surface area (Å²) in [5.74, 6) is 0. The summed E-state index contributed by atoms with van der Waals surface area (Å²) < 4.78 is 12.1. The van der Waals surface area contributed by atoms with Crippen LogP contribution < -0.4 is 11.0 Å². The van der Waals surface area contributed by atoms with Crippen molar-refractivity contribution in [3.63, 3.8) is 0 Å². The Bertz CT molecular complexity index is 704. The minimum absolute atomic E-state index is 0.0964. The molecule has 0 amide bonds. The molecule has 0 radical (unpaired) electrons. The molecular weight excluding hydrogens is 253 g/mol. The largest absolute Gasteiger partial charge is 0.495 e. The van der Waals surface area contributed by atoms with Gasteiger partial charge < -0.3 is 14.3 Å². The number of hydrogen-bond donors (Lipinski definition) is 1. The minimum atomic E-state index is -0.453. The lowest BCUT2D eigenvalue weighted by molar-refractivity contribution is 0.00578. The minimum Gasteiger partial charge on any atom is -0.399 e. The van der Waals surface area contributed by atoms with Gasteiger partial charge in [-0.2, -0.15) is 0 Å². The lowest BCUT2D eigenvalue weighted by Gasteiger charge is -2.32. The second-order valence-electron chi connectivity index (χ2n) is 6.20. The highest BCUT2D eigenvalue weighted by Gasteiger charge is 2.52. The van der Waals surface area contributed by atoms with E-state index in [1.807, 2.05) is 52.0 Å². The number of aromatic amines is 1. The summed E-state index contributed by atoms with van der Waals surface area (Å²) in [6, 6.07) is 7.50. The summed E-state index contributed by atoms with van der Waals surface area (Å²) in [6.45, 7) is 8.08. The van der Waals surface area contributed by atoms with Crippen molar-refractivity contribution in [3.05, 3.63) is 40.8 Å². The molecule has 1 aromatic heterocycles. The normalized spacial score (nSPS) is 20.5. The molecule has 5 heteroatoms. The van der Waals surface area contributed by atoms with Crippen molar-refractivity contribution in [3.8, 4) is 0 Å². The summed E-state index contributed by atoms with van der Waals surface area (Å²) in [6.07, 6.45) is 1.65. The van der Waals surface area contributed by atoms with E-state index in [2.05, 4.69) is 4.98 Å². The van der Waals surface area contributed by atoms with Crippen LogP contribution in [0.5, 0.6) is 0 Å². The Morgan fingerprint density at radius 2 is 1.65 bits per heavy atom. The summed E-state index contributed by atoms with van der Waals surface area (Å²) in [5.41, 5.74) is 0.0235. The van der Waals surface area contributed by atoms with E-state index in [9.17, 15) is 4.79 Å². The molecule has 1 saturated heterocycles. The van der Waals surface area contributed by atoms with Crippen molar-refractivity contribution < 1.29 is 9.31 Å². The predicted octanol–water partition coefficient (Wildman–Crippen LogP) is 1.83. The summed E-state index contributed by atoms with van der Waals surface area (Å²) in [4.78, 5) is 14.6.